The topological polar surface area (TPSA) is 35.6 Å². The lowest BCUT2D eigenvalue weighted by Crippen LogP contribution is -2.16. The molecule has 4 heterocycles. The summed E-state index contributed by atoms with van der Waals surface area (Å²) < 4.78 is 130. The number of aromatic nitrogens is 4. The Labute approximate surface area is 399 Å². The number of halogens is 8. The number of nitrogens with zero attached hydrogens (tertiary/aromatic N) is 4. The fourth-order valence-electron chi connectivity index (χ4n) is 9.83. The summed E-state index contributed by atoms with van der Waals surface area (Å²) in [5, 5.41) is 2.15. The first-order valence-corrected chi connectivity index (χ1v) is 22.3. The average Bonchev–Trinajstić information content (AvgIpc) is 3.92. The zero-order valence-corrected chi connectivity index (χ0v) is 36.8. The lowest BCUT2D eigenvalue weighted by atomic mass is 9.97. The van der Waals surface area contributed by atoms with E-state index in [0.717, 1.165) is 23.3 Å². The maximum Gasteiger partial charge on any atom is 0.420 e. The third kappa shape index (κ3) is 7.12. The van der Waals surface area contributed by atoms with Crippen LogP contribution in [0.4, 0.5) is 35.1 Å². The Morgan fingerprint density at radius 2 is 0.704 bits per heavy atom. The van der Waals surface area contributed by atoms with Crippen molar-refractivity contribution in [3.63, 3.8) is 0 Å². The molecule has 0 radical (unpaired) electrons. The van der Waals surface area contributed by atoms with E-state index >= 15 is 30.7 Å². The Morgan fingerprint density at radius 3 is 1.14 bits per heavy atom. The number of pyridine rings is 2. The lowest BCUT2D eigenvalue weighted by molar-refractivity contribution is -0.137. The maximum atomic E-state index is 16.7. The zero-order chi connectivity index (χ0) is 48.7. The molecule has 0 saturated carbocycles. The van der Waals surface area contributed by atoms with E-state index in [2.05, 4.69) is 9.97 Å². The summed E-state index contributed by atoms with van der Waals surface area (Å²) in [6.07, 6.45) is -1.95. The second-order valence-corrected chi connectivity index (χ2v) is 17.1. The van der Waals surface area contributed by atoms with Crippen LogP contribution in [0.25, 0.3) is 111 Å². The molecule has 0 N–H and O–H groups in total. The Morgan fingerprint density at radius 1 is 0.324 bits per heavy atom. The minimum absolute atomic E-state index is 0.268. The van der Waals surface area contributed by atoms with E-state index in [1.165, 1.54) is 9.13 Å². The third-order valence-corrected chi connectivity index (χ3v) is 13.0. The van der Waals surface area contributed by atoms with Crippen LogP contribution in [-0.4, -0.2) is 19.1 Å². The van der Waals surface area contributed by atoms with Gasteiger partial charge in [-0.3, -0.25) is 9.97 Å². The van der Waals surface area contributed by atoms with Crippen molar-refractivity contribution >= 4 is 43.6 Å². The Balaban J connectivity index is 1.19. The number of para-hydroxylation sites is 2. The highest BCUT2D eigenvalue weighted by molar-refractivity contribution is 6.12. The van der Waals surface area contributed by atoms with Crippen LogP contribution >= 0.6 is 0 Å². The number of benzene rings is 8. The van der Waals surface area contributed by atoms with E-state index in [0.29, 0.717) is 55.2 Å². The van der Waals surface area contributed by atoms with Crippen molar-refractivity contribution in [1.29, 1.82) is 0 Å². The number of rotatable bonds is 7. The third-order valence-electron chi connectivity index (χ3n) is 13.0. The summed E-state index contributed by atoms with van der Waals surface area (Å²) in [6, 6.07) is 52.0. The largest absolute Gasteiger partial charge is 0.420 e. The Kier molecular flexibility index (Phi) is 10.2. The van der Waals surface area contributed by atoms with Crippen LogP contribution < -0.4 is 0 Å². The fourth-order valence-corrected chi connectivity index (χ4v) is 9.83. The van der Waals surface area contributed by atoms with Crippen molar-refractivity contribution in [2.45, 2.75) is 6.18 Å². The van der Waals surface area contributed by atoms with Crippen molar-refractivity contribution in [3.8, 4) is 67.3 Å². The SMILES string of the molecule is Fc1c(F)c(F)c(-c2cc(-n3c4ccccc4c4ccc(-c5ccnc(-c6ccccc6)c5)cc43)c(C(F)(F)F)c(-n3c4ccccc4c4ccc(-c5ccnc(-c6ccccc6)c5)cc43)c2)c(F)c1F. The lowest BCUT2D eigenvalue weighted by Gasteiger charge is -2.23. The first-order valence-electron chi connectivity index (χ1n) is 22.3. The van der Waals surface area contributed by atoms with Gasteiger partial charge in [0.05, 0.1) is 50.4 Å². The van der Waals surface area contributed by atoms with Crippen LogP contribution in [0.2, 0.25) is 0 Å². The van der Waals surface area contributed by atoms with Crippen LogP contribution in [0.15, 0.2) is 194 Å². The number of alkyl halides is 3. The molecule has 4 nitrogen and oxygen atoms in total. The molecule has 0 aliphatic carbocycles. The van der Waals surface area contributed by atoms with Gasteiger partial charge in [-0.05, 0) is 88.5 Å². The quantitative estimate of drug-likeness (QED) is 0.0907. The molecule has 0 fully saturated rings. The molecular weight excluding hydrogens is 917 g/mol. The van der Waals surface area contributed by atoms with Crippen LogP contribution in [0.3, 0.4) is 0 Å². The molecule has 0 unspecified atom stereocenters. The van der Waals surface area contributed by atoms with Crippen LogP contribution in [-0.2, 0) is 6.18 Å². The van der Waals surface area contributed by atoms with Crippen LogP contribution in [0.1, 0.15) is 5.56 Å². The van der Waals surface area contributed by atoms with E-state index in [1.54, 1.807) is 97.3 Å². The highest BCUT2D eigenvalue weighted by Gasteiger charge is 2.40. The van der Waals surface area contributed by atoms with Crippen molar-refractivity contribution in [1.82, 2.24) is 19.1 Å². The molecule has 0 bridgehead atoms. The van der Waals surface area contributed by atoms with Crippen molar-refractivity contribution < 1.29 is 35.1 Å². The first-order chi connectivity index (χ1) is 34.4. The summed E-state index contributed by atoms with van der Waals surface area (Å²) in [4.78, 5) is 9.10. The number of hydrogen-bond donors (Lipinski definition) is 0. The molecule has 344 valence electrons. The van der Waals surface area contributed by atoms with E-state index in [1.807, 2.05) is 84.9 Å². The van der Waals surface area contributed by atoms with Gasteiger partial charge >= 0.3 is 6.18 Å². The van der Waals surface area contributed by atoms with Gasteiger partial charge in [0, 0.05) is 45.1 Å². The smallest absolute Gasteiger partial charge is 0.309 e. The summed E-state index contributed by atoms with van der Waals surface area (Å²) >= 11 is 0. The summed E-state index contributed by atoms with van der Waals surface area (Å²) in [5.74, 6) is -11.3. The molecule has 0 saturated heterocycles. The van der Waals surface area contributed by atoms with E-state index in [9.17, 15) is 4.39 Å². The molecule has 0 amide bonds. The van der Waals surface area contributed by atoms with Gasteiger partial charge in [-0.2, -0.15) is 13.2 Å². The Hall–Kier alpha value is -8.90. The number of fused-ring (bicyclic) bond motifs is 6. The van der Waals surface area contributed by atoms with Gasteiger partial charge < -0.3 is 9.13 Å². The zero-order valence-electron chi connectivity index (χ0n) is 36.8. The standard InChI is InChI=1S/C59H32F8N4/c60-54-52(55(61)57(63)58(64)56(54)62)39-31-50(70-46-17-9-7-15-40(46)42-21-19-35(29-48(42)70)37-23-25-68-44(27-37)33-11-3-1-4-12-33)53(59(65,66)67)51(32-39)71-47-18-10-8-16-41(47)43-22-20-36(30-49(43)71)38-24-26-69-45(28-38)34-13-5-2-6-14-34/h1-32H. The van der Waals surface area contributed by atoms with Gasteiger partial charge in [-0.25, -0.2) is 22.0 Å². The van der Waals surface area contributed by atoms with E-state index < -0.39 is 63.3 Å². The van der Waals surface area contributed by atoms with Gasteiger partial charge in [0.25, 0.3) is 0 Å². The van der Waals surface area contributed by atoms with Gasteiger partial charge in [-0.1, -0.05) is 121 Å². The highest BCUT2D eigenvalue weighted by atomic mass is 19.4. The van der Waals surface area contributed by atoms with Crippen molar-refractivity contribution in [3.05, 3.63) is 229 Å². The van der Waals surface area contributed by atoms with Gasteiger partial charge in [-0.15, -0.1) is 0 Å². The molecule has 0 aliphatic rings. The minimum atomic E-state index is -5.21. The monoisotopic (exact) mass is 948 g/mol. The minimum Gasteiger partial charge on any atom is -0.309 e. The summed E-state index contributed by atoms with van der Waals surface area (Å²) in [6.45, 7) is 0. The fraction of sp³-hybridized carbons (Fsp3) is 0.0169. The van der Waals surface area contributed by atoms with Crippen molar-refractivity contribution in [2.75, 3.05) is 0 Å². The second kappa shape index (κ2) is 16.7. The highest BCUT2D eigenvalue weighted by Crippen LogP contribution is 2.48. The van der Waals surface area contributed by atoms with Gasteiger partial charge in [0.1, 0.15) is 5.56 Å². The molecule has 0 spiro atoms. The molecule has 12 rings (SSSR count). The van der Waals surface area contributed by atoms with Crippen molar-refractivity contribution in [2.24, 2.45) is 0 Å². The van der Waals surface area contributed by atoms with Crippen LogP contribution in [0, 0.1) is 29.1 Å². The molecule has 0 atom stereocenters. The first kappa shape index (κ1) is 43.4. The molecule has 0 aliphatic heterocycles. The molecule has 4 aromatic heterocycles. The van der Waals surface area contributed by atoms with Gasteiger partial charge in [0.15, 0.2) is 23.3 Å². The van der Waals surface area contributed by atoms with Crippen LogP contribution in [0.5, 0.6) is 0 Å². The molecule has 12 aromatic rings. The van der Waals surface area contributed by atoms with E-state index in [4.69, 9.17) is 0 Å². The molecule has 8 aromatic carbocycles. The predicted octanol–water partition coefficient (Wildman–Crippen LogP) is 16.7. The molecule has 71 heavy (non-hydrogen) atoms. The van der Waals surface area contributed by atoms with E-state index in [-0.39, 0.29) is 22.1 Å². The second-order valence-electron chi connectivity index (χ2n) is 17.1. The Bertz CT molecular complexity index is 3850. The summed E-state index contributed by atoms with van der Waals surface area (Å²) in [5.41, 5.74) is 2.09. The van der Waals surface area contributed by atoms with Gasteiger partial charge in [0.2, 0.25) is 5.82 Å². The normalized spacial score (nSPS) is 11.9. The predicted molar refractivity (Wildman–Crippen MR) is 263 cm³/mol. The molecule has 12 heteroatoms. The maximum absolute atomic E-state index is 16.7. The number of hydrogen-bond acceptors (Lipinski definition) is 2. The molecular formula is C59H32F8N4. The summed E-state index contributed by atoms with van der Waals surface area (Å²) in [7, 11) is 0. The average molecular weight is 949 g/mol.